The second kappa shape index (κ2) is 11.4. The molecule has 182 valence electrons. The number of carbonyl (C=O) groups is 4. The highest BCUT2D eigenvalue weighted by Gasteiger charge is 2.32. The fraction of sp³-hybridized carbons (Fsp3) is 0.391. The van der Waals surface area contributed by atoms with Gasteiger partial charge in [-0.15, -0.1) is 0 Å². The van der Waals surface area contributed by atoms with Crippen LogP contribution in [-0.2, 0) is 28.7 Å². The first kappa shape index (κ1) is 25.5. The summed E-state index contributed by atoms with van der Waals surface area (Å²) in [7, 11) is 2.29. The predicted molar refractivity (Wildman–Crippen MR) is 132 cm³/mol. The summed E-state index contributed by atoms with van der Waals surface area (Å²) >= 11 is 1.66. The number of halogens is 1. The maximum Gasteiger partial charge on any atom is 0.349 e. The van der Waals surface area contributed by atoms with Crippen molar-refractivity contribution in [1.29, 1.82) is 0 Å². The summed E-state index contributed by atoms with van der Waals surface area (Å²) < 4.78 is 15.1. The largest absolute Gasteiger partial charge is 0.465 e. The van der Waals surface area contributed by atoms with Crippen LogP contribution in [0.4, 0.5) is 5.69 Å². The molecule has 34 heavy (non-hydrogen) atoms. The van der Waals surface area contributed by atoms with Crippen molar-refractivity contribution in [1.82, 2.24) is 10.2 Å². The summed E-state index contributed by atoms with van der Waals surface area (Å²) in [6.07, 6.45) is 1.90. The van der Waals surface area contributed by atoms with Crippen LogP contribution in [0.2, 0.25) is 0 Å². The summed E-state index contributed by atoms with van der Waals surface area (Å²) in [6.45, 7) is 2.27. The number of ether oxygens (including phenoxy) is 2. The number of hydrogen-bond acceptors (Lipinski definition) is 9. The van der Waals surface area contributed by atoms with Crippen molar-refractivity contribution in [2.45, 2.75) is 32.2 Å². The molecule has 1 fully saturated rings. The third kappa shape index (κ3) is 6.07. The van der Waals surface area contributed by atoms with Gasteiger partial charge in [-0.3, -0.25) is 9.59 Å². The number of esters is 2. The standard InChI is InChI=1S/C23H26IN3O7/c1-13-10-14-11-15(7-8-17(14)34-13)25-20(19(22(30)32-2)23(31)33-3)26-16-6-4-5-9-27(21(16)29)12-18(24)28/h7-8,10-11,16,25-26H,4-6,9,12H2,1-3H3. The lowest BCUT2D eigenvalue weighted by molar-refractivity contribution is -0.144. The molecule has 1 amide bonds. The Morgan fingerprint density at radius 1 is 1.15 bits per heavy atom. The van der Waals surface area contributed by atoms with Crippen molar-refractivity contribution in [3.63, 3.8) is 0 Å². The Hall–Kier alpha value is -3.09. The van der Waals surface area contributed by atoms with Gasteiger partial charge in [0.25, 0.3) is 0 Å². The molecule has 1 aliphatic rings. The number of benzene rings is 1. The van der Waals surface area contributed by atoms with Gasteiger partial charge in [-0.25, -0.2) is 9.59 Å². The van der Waals surface area contributed by atoms with Gasteiger partial charge in [0.1, 0.15) is 23.2 Å². The number of nitrogens with zero attached hydrogens (tertiary/aromatic N) is 1. The van der Waals surface area contributed by atoms with E-state index in [0.29, 0.717) is 30.7 Å². The molecule has 2 aromatic rings. The zero-order chi connectivity index (χ0) is 24.8. The van der Waals surface area contributed by atoms with E-state index in [1.54, 1.807) is 40.8 Å². The van der Waals surface area contributed by atoms with Crippen molar-refractivity contribution < 1.29 is 33.1 Å². The SMILES string of the molecule is COC(=O)C(C(=O)OC)=C(Nc1ccc2oc(C)cc2c1)NC1CCCCN(CC(=O)I)C1=O. The van der Waals surface area contributed by atoms with E-state index in [9.17, 15) is 19.2 Å². The highest BCUT2D eigenvalue weighted by Crippen LogP contribution is 2.24. The van der Waals surface area contributed by atoms with E-state index in [4.69, 9.17) is 13.9 Å². The molecule has 2 N–H and O–H groups in total. The summed E-state index contributed by atoms with van der Waals surface area (Å²) in [5.74, 6) is -1.44. The Labute approximate surface area is 210 Å². The molecule has 2 heterocycles. The van der Waals surface area contributed by atoms with Gasteiger partial charge in [-0.05, 0) is 50.5 Å². The van der Waals surface area contributed by atoms with Crippen molar-refractivity contribution in [2.24, 2.45) is 0 Å². The highest BCUT2D eigenvalue weighted by molar-refractivity contribution is 14.1. The second-order valence-electron chi connectivity index (χ2n) is 7.78. The van der Waals surface area contributed by atoms with E-state index in [0.717, 1.165) is 31.8 Å². The summed E-state index contributed by atoms with van der Waals surface area (Å²) in [6, 6.07) is 6.34. The molecular formula is C23H26IN3O7. The van der Waals surface area contributed by atoms with E-state index in [1.807, 2.05) is 13.0 Å². The molecule has 1 aromatic carbocycles. The molecule has 1 aromatic heterocycles. The van der Waals surface area contributed by atoms with Gasteiger partial charge in [0.2, 0.25) is 9.70 Å². The van der Waals surface area contributed by atoms with E-state index >= 15 is 0 Å². The number of amides is 1. The smallest absolute Gasteiger partial charge is 0.349 e. The minimum Gasteiger partial charge on any atom is -0.465 e. The van der Waals surface area contributed by atoms with Crippen LogP contribution in [0, 0.1) is 6.92 Å². The average Bonchev–Trinajstić information content (AvgIpc) is 3.09. The fourth-order valence-electron chi connectivity index (χ4n) is 3.78. The molecule has 1 unspecified atom stereocenters. The summed E-state index contributed by atoms with van der Waals surface area (Å²) in [5.41, 5.74) is 0.810. The van der Waals surface area contributed by atoms with Gasteiger partial charge in [0, 0.05) is 40.2 Å². The Morgan fingerprint density at radius 3 is 2.50 bits per heavy atom. The third-order valence-corrected chi connectivity index (χ3v) is 5.69. The first-order valence-corrected chi connectivity index (χ1v) is 11.7. The number of aryl methyl sites for hydroxylation is 1. The zero-order valence-corrected chi connectivity index (χ0v) is 21.3. The van der Waals surface area contributed by atoms with Gasteiger partial charge in [-0.2, -0.15) is 0 Å². The molecule has 0 spiro atoms. The van der Waals surface area contributed by atoms with Crippen molar-refractivity contribution in [3.8, 4) is 0 Å². The van der Waals surface area contributed by atoms with Gasteiger partial charge in [0.15, 0.2) is 5.57 Å². The molecule has 1 atom stereocenters. The van der Waals surface area contributed by atoms with Crippen LogP contribution in [-0.4, -0.2) is 59.9 Å². The lowest BCUT2D eigenvalue weighted by atomic mass is 10.1. The molecule has 0 saturated carbocycles. The van der Waals surface area contributed by atoms with Crippen molar-refractivity contribution in [3.05, 3.63) is 41.4 Å². The normalized spacial score (nSPS) is 15.9. The second-order valence-corrected chi connectivity index (χ2v) is 8.98. The van der Waals surface area contributed by atoms with Crippen molar-refractivity contribution in [2.75, 3.05) is 32.6 Å². The topological polar surface area (TPSA) is 127 Å². The minimum atomic E-state index is -0.928. The fourth-order valence-corrected chi connectivity index (χ4v) is 4.19. The molecule has 1 saturated heterocycles. The van der Waals surface area contributed by atoms with E-state index in [-0.39, 0.29) is 22.1 Å². The van der Waals surface area contributed by atoms with E-state index in [1.165, 1.54) is 4.90 Å². The molecule has 10 nitrogen and oxygen atoms in total. The predicted octanol–water partition coefficient (Wildman–Crippen LogP) is 2.64. The number of furan rings is 1. The lowest BCUT2D eigenvalue weighted by Gasteiger charge is -2.26. The maximum atomic E-state index is 13.2. The van der Waals surface area contributed by atoms with Crippen LogP contribution < -0.4 is 10.6 Å². The molecular weight excluding hydrogens is 557 g/mol. The molecule has 0 bridgehead atoms. The van der Waals surface area contributed by atoms with Gasteiger partial charge in [-0.1, -0.05) is 0 Å². The van der Waals surface area contributed by atoms with E-state index in [2.05, 4.69) is 10.6 Å². The van der Waals surface area contributed by atoms with E-state index < -0.39 is 23.6 Å². The van der Waals surface area contributed by atoms with Crippen LogP contribution in [0.5, 0.6) is 0 Å². The lowest BCUT2D eigenvalue weighted by Crippen LogP contribution is -2.47. The number of methoxy groups -OCH3 is 2. The van der Waals surface area contributed by atoms with Crippen LogP contribution in [0.3, 0.4) is 0 Å². The highest BCUT2D eigenvalue weighted by atomic mass is 127. The average molecular weight is 583 g/mol. The van der Waals surface area contributed by atoms with Gasteiger partial charge < -0.3 is 29.4 Å². The Bertz CT molecular complexity index is 1120. The quantitative estimate of drug-likeness (QED) is 0.120. The molecule has 11 heteroatoms. The number of rotatable bonds is 8. The zero-order valence-electron chi connectivity index (χ0n) is 19.1. The van der Waals surface area contributed by atoms with Crippen LogP contribution >= 0.6 is 22.6 Å². The third-order valence-electron chi connectivity index (χ3n) is 5.35. The Kier molecular flexibility index (Phi) is 8.53. The van der Waals surface area contributed by atoms with Crippen LogP contribution in [0.25, 0.3) is 11.0 Å². The van der Waals surface area contributed by atoms with Gasteiger partial charge >= 0.3 is 11.9 Å². The number of fused-ring (bicyclic) bond motifs is 1. The van der Waals surface area contributed by atoms with Gasteiger partial charge in [0.05, 0.1) is 20.8 Å². The summed E-state index contributed by atoms with van der Waals surface area (Å²) in [5, 5.41) is 6.88. The van der Waals surface area contributed by atoms with Crippen molar-refractivity contribution >= 4 is 60.9 Å². The monoisotopic (exact) mass is 583 g/mol. The number of likely N-dealkylation sites (tertiary alicyclic amines) is 1. The first-order chi connectivity index (χ1) is 16.2. The minimum absolute atomic E-state index is 0.0125. The number of carbonyl (C=O) groups excluding carboxylic acids is 4. The number of anilines is 1. The molecule has 3 rings (SSSR count). The number of nitrogens with one attached hydrogen (secondary N) is 2. The maximum absolute atomic E-state index is 13.2. The van der Waals surface area contributed by atoms with Crippen LogP contribution in [0.1, 0.15) is 25.0 Å². The van der Waals surface area contributed by atoms with Crippen LogP contribution in [0.15, 0.2) is 40.1 Å². The molecule has 0 radical (unpaired) electrons. The summed E-state index contributed by atoms with van der Waals surface area (Å²) in [4.78, 5) is 51.4. The number of hydrogen-bond donors (Lipinski definition) is 2. The molecule has 0 aliphatic carbocycles. The molecule has 1 aliphatic heterocycles. The Balaban J connectivity index is 2.01. The first-order valence-electron chi connectivity index (χ1n) is 10.6. The Morgan fingerprint density at radius 2 is 1.85 bits per heavy atom.